The first-order chi connectivity index (χ1) is 14.7. The number of carbonyl (C=O) groups is 1. The molecule has 4 heteroatoms. The number of hydrogen-bond acceptors (Lipinski definition) is 4. The summed E-state index contributed by atoms with van der Waals surface area (Å²) in [6.45, 7) is 8.55. The minimum atomic E-state index is -1.07. The summed E-state index contributed by atoms with van der Waals surface area (Å²) in [5.41, 5.74) is 1.64. The van der Waals surface area contributed by atoms with Gasteiger partial charge in [0.1, 0.15) is 5.60 Å². The molecule has 1 aliphatic rings. The van der Waals surface area contributed by atoms with Gasteiger partial charge in [-0.15, -0.1) is 0 Å². The SMILES string of the molecule is CCCCNC1=C(C(=O)OC(C)(C)C)[C@H](c2ccccc2)C[C@](O)(c2ccccc2)C1. The molecule has 0 unspecified atom stereocenters. The van der Waals surface area contributed by atoms with Gasteiger partial charge in [-0.05, 0) is 44.7 Å². The fourth-order valence-corrected chi connectivity index (χ4v) is 4.22. The third kappa shape index (κ3) is 5.76. The minimum absolute atomic E-state index is 0.265. The Labute approximate surface area is 186 Å². The van der Waals surface area contributed by atoms with E-state index in [1.165, 1.54) is 0 Å². The van der Waals surface area contributed by atoms with Gasteiger partial charge < -0.3 is 15.2 Å². The van der Waals surface area contributed by atoms with E-state index in [1.807, 2.05) is 81.4 Å². The quantitative estimate of drug-likeness (QED) is 0.462. The van der Waals surface area contributed by atoms with Gasteiger partial charge in [0, 0.05) is 24.6 Å². The van der Waals surface area contributed by atoms with Crippen molar-refractivity contribution in [3.63, 3.8) is 0 Å². The van der Waals surface area contributed by atoms with Crippen LogP contribution in [0.5, 0.6) is 0 Å². The molecule has 0 fully saturated rings. The van der Waals surface area contributed by atoms with E-state index in [-0.39, 0.29) is 11.9 Å². The Morgan fingerprint density at radius 3 is 2.29 bits per heavy atom. The van der Waals surface area contributed by atoms with Gasteiger partial charge >= 0.3 is 5.97 Å². The maximum absolute atomic E-state index is 13.4. The highest BCUT2D eigenvalue weighted by Crippen LogP contribution is 2.47. The number of unbranched alkanes of at least 4 members (excludes halogenated alkanes) is 1. The first-order valence-electron chi connectivity index (χ1n) is 11.3. The average Bonchev–Trinajstić information content (AvgIpc) is 2.73. The summed E-state index contributed by atoms with van der Waals surface area (Å²) in [7, 11) is 0. The second-order valence-electron chi connectivity index (χ2n) is 9.42. The molecular weight excluding hydrogens is 386 g/mol. The molecule has 2 aromatic rings. The van der Waals surface area contributed by atoms with Gasteiger partial charge in [-0.2, -0.15) is 0 Å². The second kappa shape index (κ2) is 9.69. The fraction of sp³-hybridized carbons (Fsp3) is 0.444. The molecule has 0 amide bonds. The Morgan fingerprint density at radius 2 is 1.71 bits per heavy atom. The Bertz CT molecular complexity index is 899. The third-order valence-corrected chi connectivity index (χ3v) is 5.69. The molecule has 0 heterocycles. The maximum Gasteiger partial charge on any atom is 0.336 e. The largest absolute Gasteiger partial charge is 0.457 e. The molecule has 2 atom stereocenters. The number of benzene rings is 2. The monoisotopic (exact) mass is 421 g/mol. The second-order valence-corrected chi connectivity index (χ2v) is 9.42. The zero-order chi connectivity index (χ0) is 22.5. The lowest BCUT2D eigenvalue weighted by Gasteiger charge is -2.40. The molecule has 166 valence electrons. The molecule has 1 aliphatic carbocycles. The third-order valence-electron chi connectivity index (χ3n) is 5.69. The minimum Gasteiger partial charge on any atom is -0.457 e. The molecule has 0 spiro atoms. The lowest BCUT2D eigenvalue weighted by atomic mass is 9.70. The summed E-state index contributed by atoms with van der Waals surface area (Å²) >= 11 is 0. The van der Waals surface area contributed by atoms with Crippen LogP contribution in [0, 0.1) is 0 Å². The molecule has 3 rings (SSSR count). The number of ether oxygens (including phenoxy) is 1. The van der Waals surface area contributed by atoms with Crippen molar-refractivity contribution in [3.8, 4) is 0 Å². The number of aliphatic hydroxyl groups is 1. The van der Waals surface area contributed by atoms with Gasteiger partial charge in [-0.3, -0.25) is 0 Å². The Hall–Kier alpha value is -2.59. The maximum atomic E-state index is 13.4. The van der Waals surface area contributed by atoms with Crippen LogP contribution in [-0.4, -0.2) is 23.2 Å². The van der Waals surface area contributed by atoms with Crippen LogP contribution >= 0.6 is 0 Å². The van der Waals surface area contributed by atoms with Crippen molar-refractivity contribution < 1.29 is 14.6 Å². The zero-order valence-electron chi connectivity index (χ0n) is 19.2. The Morgan fingerprint density at radius 1 is 1.10 bits per heavy atom. The van der Waals surface area contributed by atoms with E-state index in [1.54, 1.807) is 0 Å². The van der Waals surface area contributed by atoms with Crippen LogP contribution in [0.2, 0.25) is 0 Å². The van der Waals surface area contributed by atoms with Gasteiger partial charge in [0.2, 0.25) is 0 Å². The van der Waals surface area contributed by atoms with E-state index in [9.17, 15) is 9.90 Å². The first-order valence-corrected chi connectivity index (χ1v) is 11.3. The predicted molar refractivity (Wildman–Crippen MR) is 125 cm³/mol. The first kappa shape index (κ1) is 23.1. The lowest BCUT2D eigenvalue weighted by molar-refractivity contribution is -0.150. The lowest BCUT2D eigenvalue weighted by Crippen LogP contribution is -2.40. The summed E-state index contributed by atoms with van der Waals surface area (Å²) < 4.78 is 5.82. The summed E-state index contributed by atoms with van der Waals surface area (Å²) in [6, 6.07) is 19.7. The van der Waals surface area contributed by atoms with Gasteiger partial charge in [0.25, 0.3) is 0 Å². The average molecular weight is 422 g/mol. The molecule has 4 nitrogen and oxygen atoms in total. The van der Waals surface area contributed by atoms with E-state index < -0.39 is 11.2 Å². The van der Waals surface area contributed by atoms with Crippen LogP contribution < -0.4 is 5.32 Å². The molecule has 0 aliphatic heterocycles. The van der Waals surface area contributed by atoms with Gasteiger partial charge in [-0.1, -0.05) is 74.0 Å². The summed E-state index contributed by atoms with van der Waals surface area (Å²) in [5.74, 6) is -0.574. The number of hydrogen-bond donors (Lipinski definition) is 2. The zero-order valence-corrected chi connectivity index (χ0v) is 19.2. The van der Waals surface area contributed by atoms with E-state index in [2.05, 4.69) is 12.2 Å². The van der Waals surface area contributed by atoms with Crippen molar-refractivity contribution in [3.05, 3.63) is 83.1 Å². The Balaban J connectivity index is 2.11. The van der Waals surface area contributed by atoms with E-state index in [4.69, 9.17) is 4.74 Å². The number of esters is 1. The summed E-state index contributed by atoms with van der Waals surface area (Å²) in [5, 5.41) is 15.3. The number of rotatable bonds is 7. The Kier molecular flexibility index (Phi) is 7.22. The molecule has 31 heavy (non-hydrogen) atoms. The molecule has 0 aromatic heterocycles. The molecule has 0 saturated heterocycles. The van der Waals surface area contributed by atoms with Crippen molar-refractivity contribution in [1.82, 2.24) is 5.32 Å². The van der Waals surface area contributed by atoms with Crippen LogP contribution in [0.25, 0.3) is 0 Å². The van der Waals surface area contributed by atoms with Gasteiger partial charge in [-0.25, -0.2) is 4.79 Å². The van der Waals surface area contributed by atoms with Crippen molar-refractivity contribution in [1.29, 1.82) is 0 Å². The predicted octanol–water partition coefficient (Wildman–Crippen LogP) is 5.44. The van der Waals surface area contributed by atoms with E-state index in [0.29, 0.717) is 18.4 Å². The van der Waals surface area contributed by atoms with E-state index in [0.717, 1.165) is 36.2 Å². The highest BCUT2D eigenvalue weighted by Gasteiger charge is 2.44. The molecular formula is C27H35NO3. The summed E-state index contributed by atoms with van der Waals surface area (Å²) in [6.07, 6.45) is 2.82. The topological polar surface area (TPSA) is 58.6 Å². The normalized spacial score (nSPS) is 21.6. The molecule has 0 saturated carbocycles. The van der Waals surface area contributed by atoms with Gasteiger partial charge in [0.15, 0.2) is 0 Å². The van der Waals surface area contributed by atoms with Crippen LogP contribution in [0.15, 0.2) is 71.9 Å². The van der Waals surface area contributed by atoms with Crippen LogP contribution in [0.4, 0.5) is 0 Å². The van der Waals surface area contributed by atoms with Crippen molar-refractivity contribution >= 4 is 5.97 Å². The standard InChI is InChI=1S/C27H35NO3/c1-5-6-17-28-23-19-27(30,21-15-11-8-12-16-21)18-22(20-13-9-7-10-14-20)24(23)25(29)31-26(2,3)4/h7-16,22,28,30H,5-6,17-19H2,1-4H3/t22-,27+/m0/s1. The summed E-state index contributed by atoms with van der Waals surface area (Å²) in [4.78, 5) is 13.4. The number of carbonyl (C=O) groups excluding carboxylic acids is 1. The molecule has 2 aromatic carbocycles. The van der Waals surface area contributed by atoms with Crippen LogP contribution in [0.1, 0.15) is 70.4 Å². The van der Waals surface area contributed by atoms with E-state index >= 15 is 0 Å². The fourth-order valence-electron chi connectivity index (χ4n) is 4.22. The molecule has 2 N–H and O–H groups in total. The molecule has 0 bridgehead atoms. The van der Waals surface area contributed by atoms with Crippen LogP contribution in [-0.2, 0) is 15.1 Å². The van der Waals surface area contributed by atoms with Crippen LogP contribution in [0.3, 0.4) is 0 Å². The van der Waals surface area contributed by atoms with Crippen molar-refractivity contribution in [2.45, 2.75) is 70.5 Å². The van der Waals surface area contributed by atoms with Gasteiger partial charge in [0.05, 0.1) is 11.2 Å². The highest BCUT2D eigenvalue weighted by molar-refractivity contribution is 5.92. The number of nitrogens with one attached hydrogen (secondary N) is 1. The highest BCUT2D eigenvalue weighted by atomic mass is 16.6. The van der Waals surface area contributed by atoms with Crippen molar-refractivity contribution in [2.75, 3.05) is 6.54 Å². The smallest absolute Gasteiger partial charge is 0.336 e. The molecule has 0 radical (unpaired) electrons. The van der Waals surface area contributed by atoms with Crippen molar-refractivity contribution in [2.24, 2.45) is 0 Å².